The highest BCUT2D eigenvalue weighted by Crippen LogP contribution is 2.24. The zero-order valence-corrected chi connectivity index (χ0v) is 10.8. The molecule has 0 aromatic carbocycles. The highest BCUT2D eigenvalue weighted by molar-refractivity contribution is 7.10. The van der Waals surface area contributed by atoms with E-state index in [0.29, 0.717) is 19.1 Å². The topological polar surface area (TPSA) is 33.5 Å². The first kappa shape index (κ1) is 12.2. The summed E-state index contributed by atoms with van der Waals surface area (Å²) in [5, 5.41) is 4.87. The van der Waals surface area contributed by atoms with Gasteiger partial charge >= 0.3 is 0 Å². The lowest BCUT2D eigenvalue weighted by molar-refractivity contribution is -0.924. The molecule has 0 saturated heterocycles. The van der Waals surface area contributed by atoms with Gasteiger partial charge in [-0.1, -0.05) is 5.92 Å². The summed E-state index contributed by atoms with van der Waals surface area (Å²) in [7, 11) is 0. The molecule has 1 amide bonds. The van der Waals surface area contributed by atoms with Gasteiger partial charge in [-0.3, -0.25) is 4.79 Å². The number of carbonyl (C=O) groups is 1. The summed E-state index contributed by atoms with van der Waals surface area (Å²) in [6.07, 6.45) is 6.19. The Hall–Kier alpha value is -1.31. The molecule has 0 radical (unpaired) electrons. The van der Waals surface area contributed by atoms with Gasteiger partial charge in [-0.05, 0) is 18.4 Å². The van der Waals surface area contributed by atoms with Crippen LogP contribution in [0.5, 0.6) is 0 Å². The van der Waals surface area contributed by atoms with Crippen LogP contribution in [0, 0.1) is 12.3 Å². The van der Waals surface area contributed by atoms with E-state index in [1.807, 2.05) is 11.3 Å². The number of amides is 1. The molecule has 1 unspecified atom stereocenters. The van der Waals surface area contributed by atoms with Gasteiger partial charge in [0.25, 0.3) is 5.91 Å². The van der Waals surface area contributed by atoms with Crippen molar-refractivity contribution in [1.29, 1.82) is 0 Å². The SMILES string of the molecule is C#CCNC(=O)C[NH+]1CCc2sccc2[C@@H]1C. The number of terminal acetylenes is 1. The number of hydrogen-bond acceptors (Lipinski definition) is 2. The van der Waals surface area contributed by atoms with Gasteiger partial charge in [-0.15, -0.1) is 17.8 Å². The number of carbonyl (C=O) groups excluding carboxylic acids is 1. The fourth-order valence-corrected chi connectivity index (χ4v) is 3.29. The van der Waals surface area contributed by atoms with Crippen molar-refractivity contribution in [2.45, 2.75) is 19.4 Å². The minimum Gasteiger partial charge on any atom is -0.340 e. The number of rotatable bonds is 3. The van der Waals surface area contributed by atoms with E-state index in [1.165, 1.54) is 15.3 Å². The molecule has 0 fully saturated rings. The van der Waals surface area contributed by atoms with E-state index in [1.54, 1.807) is 0 Å². The van der Waals surface area contributed by atoms with Crippen LogP contribution in [0.3, 0.4) is 0 Å². The molecular weight excluding hydrogens is 232 g/mol. The van der Waals surface area contributed by atoms with Crippen molar-refractivity contribution >= 4 is 17.2 Å². The Bertz CT molecular complexity index is 447. The summed E-state index contributed by atoms with van der Waals surface area (Å²) in [6, 6.07) is 2.59. The van der Waals surface area contributed by atoms with Crippen molar-refractivity contribution < 1.29 is 9.69 Å². The summed E-state index contributed by atoms with van der Waals surface area (Å²) >= 11 is 1.82. The molecular formula is C13H17N2OS+. The molecule has 1 aromatic heterocycles. The number of thiophene rings is 1. The molecule has 0 bridgehead atoms. The summed E-state index contributed by atoms with van der Waals surface area (Å²) in [5.74, 6) is 2.46. The molecule has 1 aliphatic rings. The minimum atomic E-state index is 0.0449. The van der Waals surface area contributed by atoms with E-state index in [2.05, 4.69) is 29.6 Å². The maximum atomic E-state index is 11.6. The summed E-state index contributed by atoms with van der Waals surface area (Å²) in [4.78, 5) is 14.4. The lowest BCUT2D eigenvalue weighted by Gasteiger charge is -2.29. The van der Waals surface area contributed by atoms with Crippen LogP contribution in [0.4, 0.5) is 0 Å². The molecule has 17 heavy (non-hydrogen) atoms. The van der Waals surface area contributed by atoms with Crippen LogP contribution in [-0.4, -0.2) is 25.5 Å². The number of fused-ring (bicyclic) bond motifs is 1. The molecule has 2 atom stereocenters. The molecule has 1 aromatic rings. The first-order chi connectivity index (χ1) is 8.22. The third-order valence-electron chi connectivity index (χ3n) is 3.31. The predicted octanol–water partition coefficient (Wildman–Crippen LogP) is -0.000500. The van der Waals surface area contributed by atoms with Crippen LogP contribution in [0.15, 0.2) is 11.4 Å². The van der Waals surface area contributed by atoms with Crippen molar-refractivity contribution in [3.63, 3.8) is 0 Å². The van der Waals surface area contributed by atoms with Gasteiger partial charge in [-0.2, -0.15) is 0 Å². The van der Waals surface area contributed by atoms with Crippen LogP contribution in [-0.2, 0) is 11.2 Å². The summed E-state index contributed by atoms with van der Waals surface area (Å²) in [5.41, 5.74) is 1.40. The number of quaternary nitrogens is 1. The highest BCUT2D eigenvalue weighted by Gasteiger charge is 2.29. The summed E-state index contributed by atoms with van der Waals surface area (Å²) < 4.78 is 0. The normalized spacial score (nSPS) is 22.6. The maximum absolute atomic E-state index is 11.6. The van der Waals surface area contributed by atoms with Crippen molar-refractivity contribution in [3.8, 4) is 12.3 Å². The molecule has 2 rings (SSSR count). The lowest BCUT2D eigenvalue weighted by atomic mass is 10.0. The van der Waals surface area contributed by atoms with Crippen LogP contribution >= 0.6 is 11.3 Å². The van der Waals surface area contributed by atoms with E-state index < -0.39 is 0 Å². The van der Waals surface area contributed by atoms with Crippen LogP contribution < -0.4 is 10.2 Å². The monoisotopic (exact) mass is 249 g/mol. The van der Waals surface area contributed by atoms with Crippen molar-refractivity contribution in [2.24, 2.45) is 0 Å². The highest BCUT2D eigenvalue weighted by atomic mass is 32.1. The smallest absolute Gasteiger partial charge is 0.275 e. The summed E-state index contributed by atoms with van der Waals surface area (Å²) in [6.45, 7) is 4.05. The Morgan fingerprint density at radius 1 is 1.76 bits per heavy atom. The van der Waals surface area contributed by atoms with E-state index >= 15 is 0 Å². The zero-order chi connectivity index (χ0) is 12.3. The molecule has 4 heteroatoms. The van der Waals surface area contributed by atoms with Crippen LogP contribution in [0.25, 0.3) is 0 Å². The second kappa shape index (κ2) is 5.35. The Balaban J connectivity index is 1.96. The lowest BCUT2D eigenvalue weighted by Crippen LogP contribution is -3.14. The van der Waals surface area contributed by atoms with E-state index in [-0.39, 0.29) is 5.91 Å². The molecule has 2 heterocycles. The average molecular weight is 249 g/mol. The van der Waals surface area contributed by atoms with Crippen molar-refractivity contribution in [1.82, 2.24) is 5.32 Å². The molecule has 0 spiro atoms. The van der Waals surface area contributed by atoms with E-state index in [0.717, 1.165) is 13.0 Å². The Kier molecular flexibility index (Phi) is 3.82. The largest absolute Gasteiger partial charge is 0.340 e. The van der Waals surface area contributed by atoms with E-state index in [9.17, 15) is 4.79 Å². The average Bonchev–Trinajstić information content (AvgIpc) is 2.79. The first-order valence-electron chi connectivity index (χ1n) is 5.83. The fraction of sp³-hybridized carbons (Fsp3) is 0.462. The third-order valence-corrected chi connectivity index (χ3v) is 4.30. The number of nitrogens with one attached hydrogen (secondary N) is 2. The van der Waals surface area contributed by atoms with Gasteiger partial charge < -0.3 is 10.2 Å². The molecule has 90 valence electrons. The molecule has 0 saturated carbocycles. The van der Waals surface area contributed by atoms with Crippen molar-refractivity contribution in [3.05, 3.63) is 21.9 Å². The first-order valence-corrected chi connectivity index (χ1v) is 6.71. The molecule has 0 aliphatic carbocycles. The van der Waals surface area contributed by atoms with Crippen LogP contribution in [0.1, 0.15) is 23.4 Å². The predicted molar refractivity (Wildman–Crippen MR) is 69.0 cm³/mol. The van der Waals surface area contributed by atoms with Crippen LogP contribution in [0.2, 0.25) is 0 Å². The van der Waals surface area contributed by atoms with Gasteiger partial charge in [-0.25, -0.2) is 0 Å². The third kappa shape index (κ3) is 2.68. The van der Waals surface area contributed by atoms with Gasteiger partial charge in [0, 0.05) is 16.9 Å². The quantitative estimate of drug-likeness (QED) is 0.727. The van der Waals surface area contributed by atoms with Gasteiger partial charge in [0.15, 0.2) is 6.54 Å². The van der Waals surface area contributed by atoms with Crippen molar-refractivity contribution in [2.75, 3.05) is 19.6 Å². The van der Waals surface area contributed by atoms with Gasteiger partial charge in [0.2, 0.25) is 0 Å². The van der Waals surface area contributed by atoms with E-state index in [4.69, 9.17) is 6.42 Å². The Morgan fingerprint density at radius 3 is 3.35 bits per heavy atom. The van der Waals surface area contributed by atoms with Gasteiger partial charge in [0.05, 0.1) is 13.1 Å². The maximum Gasteiger partial charge on any atom is 0.275 e. The number of hydrogen-bond donors (Lipinski definition) is 2. The Morgan fingerprint density at radius 2 is 2.59 bits per heavy atom. The standard InChI is InChI=1S/C13H16N2OS/c1-3-6-14-13(16)9-15-7-4-12-11(10(15)2)5-8-17-12/h1,5,8,10H,4,6-7,9H2,2H3,(H,14,16)/p+1/t10-/m0/s1. The molecule has 2 N–H and O–H groups in total. The second-order valence-corrected chi connectivity index (χ2v) is 5.34. The van der Waals surface area contributed by atoms with Gasteiger partial charge in [0.1, 0.15) is 6.04 Å². The molecule has 1 aliphatic heterocycles. The minimum absolute atomic E-state index is 0.0449. The fourth-order valence-electron chi connectivity index (χ4n) is 2.31. The Labute approximate surface area is 106 Å². The second-order valence-electron chi connectivity index (χ2n) is 4.34. The zero-order valence-electron chi connectivity index (χ0n) is 9.95. The molecule has 3 nitrogen and oxygen atoms in total.